The van der Waals surface area contributed by atoms with E-state index in [0.717, 1.165) is 38.1 Å². The topological polar surface area (TPSA) is 41.6 Å². The Bertz CT molecular complexity index is 521. The second-order valence-corrected chi connectivity index (χ2v) is 6.21. The highest BCUT2D eigenvalue weighted by Gasteiger charge is 2.37. The Hall–Kier alpha value is -1.26. The van der Waals surface area contributed by atoms with Crippen molar-refractivity contribution in [3.63, 3.8) is 0 Å². The van der Waals surface area contributed by atoms with Gasteiger partial charge in [-0.3, -0.25) is 4.79 Å². The van der Waals surface area contributed by atoms with Crippen LogP contribution in [-0.2, 0) is 4.79 Å². The van der Waals surface area contributed by atoms with Crippen LogP contribution in [0.3, 0.4) is 0 Å². The summed E-state index contributed by atoms with van der Waals surface area (Å²) in [5, 5.41) is 3.42. The van der Waals surface area contributed by atoms with E-state index in [0.29, 0.717) is 12.1 Å². The highest BCUT2D eigenvalue weighted by Crippen LogP contribution is 2.28. The molecule has 22 heavy (non-hydrogen) atoms. The van der Waals surface area contributed by atoms with Crippen molar-refractivity contribution in [1.29, 1.82) is 0 Å². The summed E-state index contributed by atoms with van der Waals surface area (Å²) in [6, 6.07) is 6.73. The smallest absolute Gasteiger partial charge is 0.261 e. The predicted molar refractivity (Wildman–Crippen MR) is 89.8 cm³/mol. The Morgan fingerprint density at radius 3 is 2.77 bits per heavy atom. The Labute approximate surface area is 138 Å². The molecule has 2 atom stereocenters. The number of nitrogens with one attached hydrogen (secondary N) is 1. The standard InChI is InChI=1S/C17H24N2O2.ClH/c1-12-3-6-16(9-13(12)2)21-11-17(20)19-14-4-5-15(19)10-18-8-7-14;/h3,6,9,14-15,18H,4-5,7-8,10-11H2,1-2H3;1H. The third kappa shape index (κ3) is 3.55. The fourth-order valence-corrected chi connectivity index (χ4v) is 3.41. The van der Waals surface area contributed by atoms with E-state index in [2.05, 4.69) is 24.1 Å². The van der Waals surface area contributed by atoms with Crippen molar-refractivity contribution in [2.45, 2.75) is 45.2 Å². The number of carbonyl (C=O) groups is 1. The van der Waals surface area contributed by atoms with Crippen molar-refractivity contribution in [3.05, 3.63) is 29.3 Å². The molecule has 2 saturated heterocycles. The molecule has 1 amide bonds. The van der Waals surface area contributed by atoms with E-state index in [9.17, 15) is 4.79 Å². The molecule has 122 valence electrons. The van der Waals surface area contributed by atoms with Gasteiger partial charge in [-0.05, 0) is 62.9 Å². The summed E-state index contributed by atoms with van der Waals surface area (Å²) in [4.78, 5) is 14.6. The molecule has 2 aliphatic rings. The van der Waals surface area contributed by atoms with Crippen LogP contribution in [0.1, 0.15) is 30.4 Å². The highest BCUT2D eigenvalue weighted by molar-refractivity contribution is 5.85. The van der Waals surface area contributed by atoms with Crippen LogP contribution in [0.25, 0.3) is 0 Å². The summed E-state index contributed by atoms with van der Waals surface area (Å²) in [5.74, 6) is 0.913. The first-order valence-corrected chi connectivity index (χ1v) is 7.87. The van der Waals surface area contributed by atoms with Crippen LogP contribution in [0.15, 0.2) is 18.2 Å². The molecule has 1 aromatic carbocycles. The summed E-state index contributed by atoms with van der Waals surface area (Å²) in [5.41, 5.74) is 2.43. The maximum absolute atomic E-state index is 12.5. The second-order valence-electron chi connectivity index (χ2n) is 6.21. The largest absolute Gasteiger partial charge is 0.484 e. The summed E-state index contributed by atoms with van der Waals surface area (Å²) in [6.07, 6.45) is 3.32. The van der Waals surface area contributed by atoms with Gasteiger partial charge >= 0.3 is 0 Å². The summed E-state index contributed by atoms with van der Waals surface area (Å²) in [7, 11) is 0. The van der Waals surface area contributed by atoms with Crippen LogP contribution in [0.2, 0.25) is 0 Å². The van der Waals surface area contributed by atoms with Crippen LogP contribution in [0.5, 0.6) is 5.75 Å². The Kier molecular flexibility index (Phi) is 5.70. The van der Waals surface area contributed by atoms with Crippen LogP contribution in [0, 0.1) is 13.8 Å². The number of fused-ring (bicyclic) bond motifs is 2. The van der Waals surface area contributed by atoms with Gasteiger partial charge in [0.1, 0.15) is 5.75 Å². The minimum Gasteiger partial charge on any atom is -0.484 e. The van der Waals surface area contributed by atoms with E-state index in [4.69, 9.17) is 4.74 Å². The van der Waals surface area contributed by atoms with Gasteiger partial charge in [0, 0.05) is 18.6 Å². The lowest BCUT2D eigenvalue weighted by molar-refractivity contribution is -0.136. The fraction of sp³-hybridized carbons (Fsp3) is 0.588. The van der Waals surface area contributed by atoms with Crippen LogP contribution < -0.4 is 10.1 Å². The number of hydrogen-bond acceptors (Lipinski definition) is 3. The zero-order valence-corrected chi connectivity index (χ0v) is 14.1. The van der Waals surface area contributed by atoms with E-state index in [1.807, 2.05) is 18.2 Å². The lowest BCUT2D eigenvalue weighted by atomic mass is 10.1. The van der Waals surface area contributed by atoms with E-state index in [1.54, 1.807) is 0 Å². The number of amides is 1. The third-order valence-electron chi connectivity index (χ3n) is 4.78. The van der Waals surface area contributed by atoms with Crippen molar-refractivity contribution in [2.24, 2.45) is 0 Å². The molecule has 0 saturated carbocycles. The van der Waals surface area contributed by atoms with Crippen LogP contribution in [0.4, 0.5) is 0 Å². The molecule has 2 heterocycles. The van der Waals surface area contributed by atoms with Gasteiger partial charge in [-0.2, -0.15) is 0 Å². The van der Waals surface area contributed by atoms with Gasteiger partial charge in [0.25, 0.3) is 5.91 Å². The van der Waals surface area contributed by atoms with E-state index < -0.39 is 0 Å². The van der Waals surface area contributed by atoms with Gasteiger partial charge in [0.2, 0.25) is 0 Å². The van der Waals surface area contributed by atoms with Crippen molar-refractivity contribution < 1.29 is 9.53 Å². The van der Waals surface area contributed by atoms with E-state index in [1.165, 1.54) is 11.1 Å². The van der Waals surface area contributed by atoms with E-state index >= 15 is 0 Å². The van der Waals surface area contributed by atoms with Crippen molar-refractivity contribution in [3.8, 4) is 5.75 Å². The Morgan fingerprint density at radius 2 is 2.00 bits per heavy atom. The molecule has 1 N–H and O–H groups in total. The number of benzene rings is 1. The molecule has 0 aliphatic carbocycles. The molecule has 1 aromatic rings. The monoisotopic (exact) mass is 324 g/mol. The van der Waals surface area contributed by atoms with Crippen LogP contribution >= 0.6 is 12.4 Å². The van der Waals surface area contributed by atoms with Gasteiger partial charge in [-0.25, -0.2) is 0 Å². The van der Waals surface area contributed by atoms with Crippen molar-refractivity contribution >= 4 is 18.3 Å². The van der Waals surface area contributed by atoms with Crippen molar-refractivity contribution in [1.82, 2.24) is 10.2 Å². The summed E-state index contributed by atoms with van der Waals surface area (Å²) in [6.45, 7) is 6.22. The lowest BCUT2D eigenvalue weighted by Gasteiger charge is -2.27. The summed E-state index contributed by atoms with van der Waals surface area (Å²) < 4.78 is 5.71. The Morgan fingerprint density at radius 1 is 1.23 bits per heavy atom. The third-order valence-corrected chi connectivity index (χ3v) is 4.78. The average molecular weight is 325 g/mol. The quantitative estimate of drug-likeness (QED) is 0.928. The molecule has 0 aromatic heterocycles. The zero-order chi connectivity index (χ0) is 14.8. The fourth-order valence-electron chi connectivity index (χ4n) is 3.41. The number of nitrogens with zero attached hydrogens (tertiary/aromatic N) is 1. The second kappa shape index (κ2) is 7.34. The number of carbonyl (C=O) groups excluding carboxylic acids is 1. The maximum atomic E-state index is 12.5. The van der Waals surface area contributed by atoms with Gasteiger partial charge in [-0.1, -0.05) is 6.07 Å². The van der Waals surface area contributed by atoms with Crippen LogP contribution in [-0.4, -0.2) is 42.6 Å². The molecule has 4 nitrogen and oxygen atoms in total. The first-order valence-electron chi connectivity index (χ1n) is 7.87. The lowest BCUT2D eigenvalue weighted by Crippen LogP contribution is -2.44. The first kappa shape index (κ1) is 17.1. The molecule has 2 bridgehead atoms. The van der Waals surface area contributed by atoms with Gasteiger partial charge < -0.3 is 15.0 Å². The normalized spacial score (nSPS) is 23.6. The molecule has 2 unspecified atom stereocenters. The molecule has 2 aliphatic heterocycles. The van der Waals surface area contributed by atoms with Gasteiger partial charge in [0.05, 0.1) is 0 Å². The number of rotatable bonds is 3. The Balaban J connectivity index is 0.00000176. The number of hydrogen-bond donors (Lipinski definition) is 1. The number of ether oxygens (including phenoxy) is 1. The minimum atomic E-state index is 0. The summed E-state index contributed by atoms with van der Waals surface area (Å²) >= 11 is 0. The van der Waals surface area contributed by atoms with E-state index in [-0.39, 0.29) is 24.9 Å². The van der Waals surface area contributed by atoms with Gasteiger partial charge in [0.15, 0.2) is 6.61 Å². The molecule has 0 radical (unpaired) electrons. The molecular formula is C17H25ClN2O2. The number of aryl methyl sites for hydroxylation is 2. The van der Waals surface area contributed by atoms with Crippen molar-refractivity contribution in [2.75, 3.05) is 19.7 Å². The zero-order valence-electron chi connectivity index (χ0n) is 13.3. The predicted octanol–water partition coefficient (Wildman–Crippen LogP) is 2.46. The molecular weight excluding hydrogens is 300 g/mol. The number of halogens is 1. The maximum Gasteiger partial charge on any atom is 0.261 e. The van der Waals surface area contributed by atoms with Gasteiger partial charge in [-0.15, -0.1) is 12.4 Å². The molecule has 0 spiro atoms. The molecule has 5 heteroatoms. The minimum absolute atomic E-state index is 0. The SMILES string of the molecule is Cc1ccc(OCC(=O)N2C3CCNCC2CC3)cc1C.Cl. The highest BCUT2D eigenvalue weighted by atomic mass is 35.5. The molecule has 3 rings (SSSR count). The first-order chi connectivity index (χ1) is 10.1. The molecule has 2 fully saturated rings. The average Bonchev–Trinajstić information content (AvgIpc) is 2.73.